The first-order chi connectivity index (χ1) is 9.58. The molecular formula is C15H30N4O. The molecule has 0 spiro atoms. The maximum absolute atomic E-state index is 5.79. The molecule has 0 bridgehead atoms. The summed E-state index contributed by atoms with van der Waals surface area (Å²) in [5.74, 6) is 1.30. The molecule has 0 radical (unpaired) electrons. The minimum absolute atomic E-state index is 0.429. The quantitative estimate of drug-likeness (QED) is 0.714. The Morgan fingerprint density at radius 1 is 1.20 bits per heavy atom. The van der Waals surface area contributed by atoms with Crippen molar-refractivity contribution in [3.63, 3.8) is 0 Å². The van der Waals surface area contributed by atoms with Crippen molar-refractivity contribution in [3.05, 3.63) is 5.89 Å². The van der Waals surface area contributed by atoms with Crippen molar-refractivity contribution in [3.8, 4) is 0 Å². The zero-order valence-electron chi connectivity index (χ0n) is 13.6. The second kappa shape index (κ2) is 8.95. The number of unbranched alkanes of at least 4 members (excludes halogenated alkanes) is 1. The lowest BCUT2D eigenvalue weighted by Gasteiger charge is -2.26. The summed E-state index contributed by atoms with van der Waals surface area (Å²) < 4.78 is 5.79. The zero-order chi connectivity index (χ0) is 15.0. The van der Waals surface area contributed by atoms with Crippen LogP contribution in [-0.4, -0.2) is 29.3 Å². The molecule has 116 valence electrons. The molecule has 1 aromatic heterocycles. The molecule has 5 heteroatoms. The fraction of sp³-hybridized carbons (Fsp3) is 0.867. The van der Waals surface area contributed by atoms with Crippen LogP contribution in [0, 0.1) is 5.92 Å². The van der Waals surface area contributed by atoms with E-state index in [1.165, 1.54) is 6.42 Å². The summed E-state index contributed by atoms with van der Waals surface area (Å²) in [5.41, 5.74) is 0. The molecule has 0 amide bonds. The largest absolute Gasteiger partial charge is 0.407 e. The van der Waals surface area contributed by atoms with Crippen LogP contribution in [0.2, 0.25) is 0 Å². The molecule has 0 aliphatic rings. The van der Waals surface area contributed by atoms with Crippen molar-refractivity contribution < 1.29 is 4.42 Å². The molecule has 1 atom stereocenters. The molecule has 5 nitrogen and oxygen atoms in total. The fourth-order valence-electron chi connectivity index (χ4n) is 1.95. The Hall–Kier alpha value is -1.10. The van der Waals surface area contributed by atoms with Gasteiger partial charge in [0.2, 0.25) is 5.89 Å². The van der Waals surface area contributed by atoms with Gasteiger partial charge < -0.3 is 14.6 Å². The Balaban J connectivity index is 2.60. The minimum Gasteiger partial charge on any atom is -0.407 e. The van der Waals surface area contributed by atoms with Crippen LogP contribution >= 0.6 is 0 Å². The lowest BCUT2D eigenvalue weighted by atomic mass is 10.2. The molecule has 0 aliphatic heterocycles. The van der Waals surface area contributed by atoms with Gasteiger partial charge in [-0.05, 0) is 32.2 Å². The van der Waals surface area contributed by atoms with E-state index >= 15 is 0 Å². The third-order valence-corrected chi connectivity index (χ3v) is 3.41. The first-order valence-corrected chi connectivity index (χ1v) is 7.88. The molecule has 1 aromatic rings. The van der Waals surface area contributed by atoms with Crippen LogP contribution < -0.4 is 10.2 Å². The molecule has 20 heavy (non-hydrogen) atoms. The molecule has 0 fully saturated rings. The lowest BCUT2D eigenvalue weighted by molar-refractivity contribution is 0.434. The number of anilines is 1. The maximum Gasteiger partial charge on any atom is 0.318 e. The molecule has 1 N–H and O–H groups in total. The molecule has 1 unspecified atom stereocenters. The Labute approximate surface area is 123 Å². The van der Waals surface area contributed by atoms with E-state index in [-0.39, 0.29) is 0 Å². The predicted octanol–water partition coefficient (Wildman–Crippen LogP) is 3.22. The van der Waals surface area contributed by atoms with Crippen LogP contribution in [0.15, 0.2) is 4.42 Å². The van der Waals surface area contributed by atoms with Crippen LogP contribution in [0.25, 0.3) is 0 Å². The zero-order valence-corrected chi connectivity index (χ0v) is 13.6. The molecule has 0 aromatic carbocycles. The average Bonchev–Trinajstić information content (AvgIpc) is 2.87. The highest BCUT2D eigenvalue weighted by atomic mass is 16.4. The van der Waals surface area contributed by atoms with Crippen molar-refractivity contribution in [2.24, 2.45) is 5.92 Å². The van der Waals surface area contributed by atoms with E-state index in [0.717, 1.165) is 25.9 Å². The van der Waals surface area contributed by atoms with Crippen LogP contribution in [0.3, 0.4) is 0 Å². The Kier molecular flexibility index (Phi) is 7.59. The number of rotatable bonds is 10. The first kappa shape index (κ1) is 17.0. The van der Waals surface area contributed by atoms with Crippen molar-refractivity contribution in [2.45, 2.75) is 66.5 Å². The first-order valence-electron chi connectivity index (χ1n) is 7.88. The lowest BCUT2D eigenvalue weighted by Crippen LogP contribution is -2.33. The number of hydrogen-bond acceptors (Lipinski definition) is 5. The van der Waals surface area contributed by atoms with Gasteiger partial charge in [-0.3, -0.25) is 0 Å². The number of aromatic nitrogens is 2. The minimum atomic E-state index is 0.429. The van der Waals surface area contributed by atoms with Gasteiger partial charge in [-0.25, -0.2) is 0 Å². The third-order valence-electron chi connectivity index (χ3n) is 3.41. The van der Waals surface area contributed by atoms with Gasteiger partial charge in [-0.1, -0.05) is 39.2 Å². The Morgan fingerprint density at radius 3 is 2.55 bits per heavy atom. The van der Waals surface area contributed by atoms with E-state index in [0.29, 0.717) is 30.4 Å². The maximum atomic E-state index is 5.79. The fourth-order valence-corrected chi connectivity index (χ4v) is 1.95. The summed E-state index contributed by atoms with van der Waals surface area (Å²) in [6.45, 7) is 13.5. The normalized spacial score (nSPS) is 12.9. The van der Waals surface area contributed by atoms with Gasteiger partial charge in [-0.2, -0.15) is 0 Å². The highest BCUT2D eigenvalue weighted by Crippen LogP contribution is 2.17. The summed E-state index contributed by atoms with van der Waals surface area (Å²) in [5, 5.41) is 11.7. The Morgan fingerprint density at radius 2 is 1.95 bits per heavy atom. The topological polar surface area (TPSA) is 54.2 Å². The van der Waals surface area contributed by atoms with Gasteiger partial charge in [0.05, 0.1) is 6.54 Å². The van der Waals surface area contributed by atoms with Gasteiger partial charge in [-0.15, -0.1) is 5.10 Å². The van der Waals surface area contributed by atoms with Gasteiger partial charge in [0.25, 0.3) is 0 Å². The van der Waals surface area contributed by atoms with Crippen LogP contribution in [0.5, 0.6) is 0 Å². The molecular weight excluding hydrogens is 252 g/mol. The van der Waals surface area contributed by atoms with Gasteiger partial charge in [0.1, 0.15) is 0 Å². The Bertz CT molecular complexity index is 365. The van der Waals surface area contributed by atoms with E-state index < -0.39 is 0 Å². The van der Waals surface area contributed by atoms with E-state index in [1.807, 2.05) is 0 Å². The third kappa shape index (κ3) is 5.49. The standard InChI is InChI=1S/C15H30N4O/c1-6-8-9-19(13(5)7-2)15-18-17-14(20-15)11-16-10-12(3)4/h12-13,16H,6-11H2,1-5H3. The van der Waals surface area contributed by atoms with Crippen molar-refractivity contribution >= 4 is 6.01 Å². The highest BCUT2D eigenvalue weighted by Gasteiger charge is 2.18. The predicted molar refractivity (Wildman–Crippen MR) is 82.8 cm³/mol. The monoisotopic (exact) mass is 282 g/mol. The van der Waals surface area contributed by atoms with Crippen molar-refractivity contribution in [2.75, 3.05) is 18.0 Å². The summed E-state index contributed by atoms with van der Waals surface area (Å²) in [6.07, 6.45) is 3.39. The summed E-state index contributed by atoms with van der Waals surface area (Å²) in [6, 6.07) is 1.09. The van der Waals surface area contributed by atoms with Gasteiger partial charge in [0.15, 0.2) is 0 Å². The van der Waals surface area contributed by atoms with Crippen LogP contribution in [-0.2, 0) is 6.54 Å². The summed E-state index contributed by atoms with van der Waals surface area (Å²) in [7, 11) is 0. The number of nitrogens with one attached hydrogen (secondary N) is 1. The van der Waals surface area contributed by atoms with Crippen molar-refractivity contribution in [1.29, 1.82) is 0 Å². The van der Waals surface area contributed by atoms with E-state index in [1.54, 1.807) is 0 Å². The molecule has 0 saturated carbocycles. The van der Waals surface area contributed by atoms with Crippen LogP contribution in [0.1, 0.15) is 59.8 Å². The molecule has 1 heterocycles. The molecule has 1 rings (SSSR count). The number of hydrogen-bond donors (Lipinski definition) is 1. The summed E-state index contributed by atoms with van der Waals surface area (Å²) in [4.78, 5) is 2.22. The molecule has 0 saturated heterocycles. The van der Waals surface area contributed by atoms with Gasteiger partial charge in [0, 0.05) is 12.6 Å². The smallest absolute Gasteiger partial charge is 0.318 e. The van der Waals surface area contributed by atoms with Gasteiger partial charge >= 0.3 is 6.01 Å². The van der Waals surface area contributed by atoms with E-state index in [9.17, 15) is 0 Å². The van der Waals surface area contributed by atoms with E-state index in [2.05, 4.69) is 55.0 Å². The van der Waals surface area contributed by atoms with Crippen molar-refractivity contribution in [1.82, 2.24) is 15.5 Å². The second-order valence-corrected chi connectivity index (χ2v) is 5.81. The average molecular weight is 282 g/mol. The second-order valence-electron chi connectivity index (χ2n) is 5.81. The SMILES string of the molecule is CCCCN(c1nnc(CNCC(C)C)o1)C(C)CC. The van der Waals surface area contributed by atoms with E-state index in [4.69, 9.17) is 4.42 Å². The summed E-state index contributed by atoms with van der Waals surface area (Å²) >= 11 is 0. The number of nitrogens with zero attached hydrogens (tertiary/aromatic N) is 3. The van der Waals surface area contributed by atoms with Crippen LogP contribution in [0.4, 0.5) is 6.01 Å². The molecule has 0 aliphatic carbocycles. The highest BCUT2D eigenvalue weighted by molar-refractivity contribution is 5.25.